The van der Waals surface area contributed by atoms with E-state index in [2.05, 4.69) is 33.7 Å². The van der Waals surface area contributed by atoms with Gasteiger partial charge in [-0.2, -0.15) is 0 Å². The van der Waals surface area contributed by atoms with Crippen molar-refractivity contribution in [3.05, 3.63) is 53.4 Å². The van der Waals surface area contributed by atoms with Gasteiger partial charge in [-0.3, -0.25) is 4.98 Å². The first-order chi connectivity index (χ1) is 11.7. The molecule has 24 heavy (non-hydrogen) atoms. The van der Waals surface area contributed by atoms with E-state index in [1.54, 1.807) is 23.6 Å². The third kappa shape index (κ3) is 2.99. The van der Waals surface area contributed by atoms with Crippen LogP contribution < -0.4 is 10.2 Å². The summed E-state index contributed by atoms with van der Waals surface area (Å²) >= 11 is 1.71. The Balaban J connectivity index is 1.43. The smallest absolute Gasteiger partial charge is 0.165 e. The molecule has 0 bridgehead atoms. The van der Waals surface area contributed by atoms with Gasteiger partial charge in [-0.1, -0.05) is 0 Å². The highest BCUT2D eigenvalue weighted by molar-refractivity contribution is 7.17. The molecule has 3 aromatic heterocycles. The van der Waals surface area contributed by atoms with E-state index < -0.39 is 0 Å². The molecule has 2 atom stereocenters. The molecule has 1 aliphatic rings. The second kappa shape index (κ2) is 6.45. The summed E-state index contributed by atoms with van der Waals surface area (Å²) in [6.07, 6.45) is 4.57. The van der Waals surface area contributed by atoms with Crippen molar-refractivity contribution in [3.8, 4) is 0 Å². The molecule has 1 N–H and O–H groups in total. The van der Waals surface area contributed by atoms with Crippen LogP contribution in [-0.4, -0.2) is 29.1 Å². The number of anilines is 1. The Kier molecular flexibility index (Phi) is 4.16. The minimum absolute atomic E-state index is 0.211. The fourth-order valence-corrected chi connectivity index (χ4v) is 4.04. The molecule has 4 rings (SSSR count). The summed E-state index contributed by atoms with van der Waals surface area (Å²) in [5.74, 6) is 0.203. The largest absolute Gasteiger partial charge is 0.353 e. The number of aromatic nitrogens is 2. The Bertz CT molecular complexity index is 850. The molecule has 0 amide bonds. The van der Waals surface area contributed by atoms with E-state index in [-0.39, 0.29) is 11.9 Å². The summed E-state index contributed by atoms with van der Waals surface area (Å²) in [6.45, 7) is 3.74. The number of rotatable bonds is 4. The van der Waals surface area contributed by atoms with E-state index in [9.17, 15) is 4.39 Å². The lowest BCUT2D eigenvalue weighted by molar-refractivity contribution is 0.480. The minimum Gasteiger partial charge on any atom is -0.353 e. The lowest BCUT2D eigenvalue weighted by atomic mass is 10.1. The van der Waals surface area contributed by atoms with E-state index in [4.69, 9.17) is 0 Å². The second-order valence-corrected chi connectivity index (χ2v) is 7.15. The van der Waals surface area contributed by atoms with Gasteiger partial charge in [-0.25, -0.2) is 9.37 Å². The van der Waals surface area contributed by atoms with Crippen molar-refractivity contribution >= 4 is 27.4 Å². The standard InChI is InChI=1S/C18H19FN4S/c1-12(13-9-17-16(21-10-13)5-8-24-17)22-14-4-7-23(11-14)18-15(19)3-2-6-20-18/h2-3,5-6,8-10,12,14,22H,4,7,11H2,1H3/t12-,14+/m1/s1. The number of fused-ring (bicyclic) bond motifs is 1. The van der Waals surface area contributed by atoms with Gasteiger partial charge >= 0.3 is 0 Å². The zero-order valence-corrected chi connectivity index (χ0v) is 14.3. The van der Waals surface area contributed by atoms with Crippen LogP contribution in [0.1, 0.15) is 24.9 Å². The van der Waals surface area contributed by atoms with E-state index >= 15 is 0 Å². The summed E-state index contributed by atoms with van der Waals surface area (Å²) in [5.41, 5.74) is 2.24. The number of hydrogen-bond donors (Lipinski definition) is 1. The number of nitrogens with zero attached hydrogens (tertiary/aromatic N) is 3. The molecule has 4 heterocycles. The van der Waals surface area contributed by atoms with Crippen LogP contribution in [0.25, 0.3) is 10.2 Å². The predicted octanol–water partition coefficient (Wildman–Crippen LogP) is 3.76. The number of hydrogen-bond acceptors (Lipinski definition) is 5. The van der Waals surface area contributed by atoms with Gasteiger partial charge in [0, 0.05) is 37.6 Å². The Morgan fingerprint density at radius 3 is 3.17 bits per heavy atom. The lowest BCUT2D eigenvalue weighted by Gasteiger charge is -2.21. The maximum Gasteiger partial charge on any atom is 0.165 e. The van der Waals surface area contributed by atoms with Crippen LogP contribution in [0, 0.1) is 5.82 Å². The minimum atomic E-state index is -0.251. The highest BCUT2D eigenvalue weighted by atomic mass is 32.1. The van der Waals surface area contributed by atoms with E-state index in [1.165, 1.54) is 16.3 Å². The van der Waals surface area contributed by atoms with Crippen molar-refractivity contribution in [2.45, 2.75) is 25.4 Å². The van der Waals surface area contributed by atoms with Crippen molar-refractivity contribution in [2.24, 2.45) is 0 Å². The van der Waals surface area contributed by atoms with Crippen molar-refractivity contribution in [2.75, 3.05) is 18.0 Å². The molecule has 1 fully saturated rings. The summed E-state index contributed by atoms with van der Waals surface area (Å²) < 4.78 is 15.1. The van der Waals surface area contributed by atoms with E-state index in [0.717, 1.165) is 25.0 Å². The zero-order chi connectivity index (χ0) is 16.5. The third-order valence-corrected chi connectivity index (χ3v) is 5.39. The van der Waals surface area contributed by atoms with Gasteiger partial charge < -0.3 is 10.2 Å². The third-order valence-electron chi connectivity index (χ3n) is 4.54. The van der Waals surface area contributed by atoms with Gasteiger partial charge in [0.15, 0.2) is 11.6 Å². The number of halogens is 1. The molecule has 3 aromatic rings. The molecule has 0 saturated carbocycles. The van der Waals surface area contributed by atoms with Gasteiger partial charge in [0.25, 0.3) is 0 Å². The van der Waals surface area contributed by atoms with Crippen molar-refractivity contribution in [1.29, 1.82) is 0 Å². The zero-order valence-electron chi connectivity index (χ0n) is 13.4. The monoisotopic (exact) mass is 342 g/mol. The Hall–Kier alpha value is -2.05. The molecule has 0 unspecified atom stereocenters. The first kappa shape index (κ1) is 15.5. The quantitative estimate of drug-likeness (QED) is 0.784. The normalized spacial score (nSPS) is 19.1. The average Bonchev–Trinajstić information content (AvgIpc) is 3.23. The molecule has 0 radical (unpaired) electrons. The van der Waals surface area contributed by atoms with Crippen molar-refractivity contribution < 1.29 is 4.39 Å². The molecule has 124 valence electrons. The number of thiophene rings is 1. The lowest BCUT2D eigenvalue weighted by Crippen LogP contribution is -2.34. The summed E-state index contributed by atoms with van der Waals surface area (Å²) in [6, 6.07) is 7.87. The van der Waals surface area contributed by atoms with Crippen LogP contribution in [-0.2, 0) is 0 Å². The van der Waals surface area contributed by atoms with Gasteiger partial charge in [-0.15, -0.1) is 11.3 Å². The Labute approximate surface area is 144 Å². The van der Waals surface area contributed by atoms with Crippen LogP contribution in [0.15, 0.2) is 42.0 Å². The topological polar surface area (TPSA) is 41.0 Å². The SMILES string of the molecule is C[C@@H](N[C@H]1CCN(c2ncccc2F)C1)c1cnc2ccsc2c1. The second-order valence-electron chi connectivity index (χ2n) is 6.20. The van der Waals surface area contributed by atoms with E-state index in [1.807, 2.05) is 17.2 Å². The summed E-state index contributed by atoms with van der Waals surface area (Å²) in [7, 11) is 0. The average molecular weight is 342 g/mol. The molecule has 0 aromatic carbocycles. The van der Waals surface area contributed by atoms with Crippen LogP contribution in [0.4, 0.5) is 10.2 Å². The predicted molar refractivity (Wildman–Crippen MR) is 96.0 cm³/mol. The molecular weight excluding hydrogens is 323 g/mol. The fraction of sp³-hybridized carbons (Fsp3) is 0.333. The van der Waals surface area contributed by atoms with Crippen LogP contribution in [0.2, 0.25) is 0 Å². The maximum atomic E-state index is 13.9. The van der Waals surface area contributed by atoms with Crippen LogP contribution in [0.5, 0.6) is 0 Å². The first-order valence-corrected chi connectivity index (χ1v) is 9.03. The fourth-order valence-electron chi connectivity index (χ4n) is 3.25. The molecule has 6 heteroatoms. The van der Waals surface area contributed by atoms with Crippen molar-refractivity contribution in [3.63, 3.8) is 0 Å². The number of nitrogens with one attached hydrogen (secondary N) is 1. The molecule has 4 nitrogen and oxygen atoms in total. The highest BCUT2D eigenvalue weighted by Crippen LogP contribution is 2.25. The Morgan fingerprint density at radius 1 is 1.38 bits per heavy atom. The van der Waals surface area contributed by atoms with Gasteiger partial charge in [0.2, 0.25) is 0 Å². The molecule has 1 aliphatic heterocycles. The maximum absolute atomic E-state index is 13.9. The molecule has 0 spiro atoms. The Morgan fingerprint density at radius 2 is 2.29 bits per heavy atom. The van der Waals surface area contributed by atoms with Gasteiger partial charge in [-0.05, 0) is 48.6 Å². The summed E-state index contributed by atoms with van der Waals surface area (Å²) in [5, 5.41) is 5.71. The molecular formula is C18H19FN4S. The van der Waals surface area contributed by atoms with Gasteiger partial charge in [0.05, 0.1) is 10.2 Å². The molecule has 1 saturated heterocycles. The van der Waals surface area contributed by atoms with Crippen LogP contribution in [0.3, 0.4) is 0 Å². The number of pyridine rings is 2. The highest BCUT2D eigenvalue weighted by Gasteiger charge is 2.26. The first-order valence-electron chi connectivity index (χ1n) is 8.15. The van der Waals surface area contributed by atoms with Crippen LogP contribution >= 0.6 is 11.3 Å². The molecule has 0 aliphatic carbocycles. The van der Waals surface area contributed by atoms with E-state index in [0.29, 0.717) is 11.9 Å². The van der Waals surface area contributed by atoms with Gasteiger partial charge in [0.1, 0.15) is 0 Å². The van der Waals surface area contributed by atoms with Crippen molar-refractivity contribution in [1.82, 2.24) is 15.3 Å². The summed E-state index contributed by atoms with van der Waals surface area (Å²) in [4.78, 5) is 10.7.